The van der Waals surface area contributed by atoms with Gasteiger partial charge >= 0.3 is 0 Å². The van der Waals surface area contributed by atoms with Gasteiger partial charge in [0.1, 0.15) is 0 Å². The summed E-state index contributed by atoms with van der Waals surface area (Å²) in [4.78, 5) is 14.7. The summed E-state index contributed by atoms with van der Waals surface area (Å²) < 4.78 is 0. The number of nitrogens with one attached hydrogen (secondary N) is 1. The van der Waals surface area contributed by atoms with Crippen molar-refractivity contribution in [1.29, 1.82) is 0 Å². The van der Waals surface area contributed by atoms with Crippen molar-refractivity contribution in [1.82, 2.24) is 5.32 Å². The Hall–Kier alpha value is -2.55. The van der Waals surface area contributed by atoms with Crippen molar-refractivity contribution in [2.75, 3.05) is 18.5 Å². The molecule has 2 aromatic carbocycles. The van der Waals surface area contributed by atoms with E-state index in [-0.39, 0.29) is 11.8 Å². The van der Waals surface area contributed by atoms with Gasteiger partial charge in [0.15, 0.2) is 0 Å². The van der Waals surface area contributed by atoms with Crippen LogP contribution in [0.1, 0.15) is 66.9 Å². The van der Waals surface area contributed by atoms with Crippen LogP contribution in [0.25, 0.3) is 0 Å². The van der Waals surface area contributed by atoms with Crippen molar-refractivity contribution in [2.24, 2.45) is 0 Å². The van der Waals surface area contributed by atoms with Crippen molar-refractivity contribution in [3.05, 3.63) is 78.4 Å². The minimum absolute atomic E-state index is 0.0255. The smallest absolute Gasteiger partial charge is 0.251 e. The van der Waals surface area contributed by atoms with E-state index >= 15 is 0 Å². The van der Waals surface area contributed by atoms with Crippen LogP contribution in [0.4, 0.5) is 5.69 Å². The predicted octanol–water partition coefficient (Wildman–Crippen LogP) is 5.77. The molecule has 1 fully saturated rings. The summed E-state index contributed by atoms with van der Waals surface area (Å²) in [6.07, 6.45) is 5.23. The molecule has 0 radical (unpaired) electrons. The molecule has 0 aliphatic carbocycles. The van der Waals surface area contributed by atoms with E-state index in [0.29, 0.717) is 6.04 Å². The van der Waals surface area contributed by atoms with Crippen LogP contribution in [0.2, 0.25) is 0 Å². The fourth-order valence-corrected chi connectivity index (χ4v) is 4.01. The Morgan fingerprint density at radius 2 is 1.75 bits per heavy atom. The number of rotatable bonds is 4. The Morgan fingerprint density at radius 3 is 2.43 bits per heavy atom. The second-order valence-corrected chi connectivity index (χ2v) is 7.37. The number of nitrogens with zero attached hydrogens (tertiary/aromatic N) is 1. The van der Waals surface area contributed by atoms with E-state index in [0.717, 1.165) is 17.7 Å². The molecule has 150 valence electrons. The second kappa shape index (κ2) is 10.7. The van der Waals surface area contributed by atoms with E-state index in [2.05, 4.69) is 67.6 Å². The van der Waals surface area contributed by atoms with Gasteiger partial charge in [0, 0.05) is 36.8 Å². The Morgan fingerprint density at radius 1 is 1.07 bits per heavy atom. The Bertz CT molecular complexity index is 753. The van der Waals surface area contributed by atoms with E-state index in [9.17, 15) is 4.79 Å². The molecule has 1 aliphatic rings. The fourth-order valence-electron chi connectivity index (χ4n) is 4.01. The summed E-state index contributed by atoms with van der Waals surface area (Å²) >= 11 is 0. The summed E-state index contributed by atoms with van der Waals surface area (Å²) in [7, 11) is 1.68. The van der Waals surface area contributed by atoms with E-state index < -0.39 is 0 Å². The van der Waals surface area contributed by atoms with Crippen LogP contribution in [0.15, 0.2) is 61.7 Å². The molecule has 1 aliphatic heterocycles. The van der Waals surface area contributed by atoms with Crippen LogP contribution in [-0.2, 0) is 0 Å². The molecule has 1 saturated heterocycles. The zero-order chi connectivity index (χ0) is 20.5. The van der Waals surface area contributed by atoms with Crippen molar-refractivity contribution >= 4 is 11.6 Å². The first kappa shape index (κ1) is 21.7. The Balaban J connectivity index is 0.00000136. The van der Waals surface area contributed by atoms with Gasteiger partial charge in [-0.15, -0.1) is 13.2 Å². The molecule has 3 heteroatoms. The minimum Gasteiger partial charge on any atom is -0.369 e. The molecule has 1 N–H and O–H groups in total. The van der Waals surface area contributed by atoms with E-state index in [1.807, 2.05) is 18.2 Å². The number of benzene rings is 2. The first-order chi connectivity index (χ1) is 13.6. The fraction of sp³-hybridized carbons (Fsp3) is 0.400. The zero-order valence-electron chi connectivity index (χ0n) is 17.6. The summed E-state index contributed by atoms with van der Waals surface area (Å²) in [6.45, 7) is 11.7. The number of hydrogen-bond donors (Lipinski definition) is 1. The van der Waals surface area contributed by atoms with Gasteiger partial charge in [-0.2, -0.15) is 0 Å². The van der Waals surface area contributed by atoms with Crippen molar-refractivity contribution in [2.45, 2.75) is 51.5 Å². The van der Waals surface area contributed by atoms with Gasteiger partial charge in [0.05, 0.1) is 0 Å². The molecule has 1 amide bonds. The maximum absolute atomic E-state index is 12.2. The second-order valence-electron chi connectivity index (χ2n) is 7.37. The molecule has 2 atom stereocenters. The van der Waals surface area contributed by atoms with Crippen LogP contribution in [0.5, 0.6) is 0 Å². The third-order valence-corrected chi connectivity index (χ3v) is 5.68. The summed E-state index contributed by atoms with van der Waals surface area (Å²) in [6, 6.07) is 17.4. The van der Waals surface area contributed by atoms with Crippen LogP contribution in [0, 0.1) is 0 Å². The largest absolute Gasteiger partial charge is 0.369 e. The molecule has 0 saturated carbocycles. The maximum atomic E-state index is 12.2. The van der Waals surface area contributed by atoms with Crippen molar-refractivity contribution in [3.8, 4) is 0 Å². The highest BCUT2D eigenvalue weighted by atomic mass is 16.1. The summed E-state index contributed by atoms with van der Waals surface area (Å²) in [5.41, 5.74) is 4.39. The van der Waals surface area contributed by atoms with Crippen LogP contribution < -0.4 is 10.2 Å². The zero-order valence-corrected chi connectivity index (χ0v) is 17.6. The van der Waals surface area contributed by atoms with Crippen LogP contribution in [0.3, 0.4) is 0 Å². The highest BCUT2D eigenvalue weighted by Crippen LogP contribution is 2.30. The summed E-state index contributed by atoms with van der Waals surface area (Å²) in [5.74, 6) is 0.154. The van der Waals surface area contributed by atoms with Gasteiger partial charge in [-0.05, 0) is 49.1 Å². The van der Waals surface area contributed by atoms with Gasteiger partial charge in [0.2, 0.25) is 0 Å². The lowest BCUT2D eigenvalue weighted by Gasteiger charge is -2.30. The monoisotopic (exact) mass is 378 g/mol. The quantitative estimate of drug-likeness (QED) is 0.685. The SMILES string of the molecule is C=C.CNC(=O)c1ccccc1C(C)c1ccc(N2CCCCCC2C)cc1. The number of carbonyl (C=O) groups is 1. The van der Waals surface area contributed by atoms with Crippen LogP contribution >= 0.6 is 0 Å². The first-order valence-electron chi connectivity index (χ1n) is 10.3. The van der Waals surface area contributed by atoms with Crippen molar-refractivity contribution < 1.29 is 4.79 Å². The molecule has 3 nitrogen and oxygen atoms in total. The number of hydrogen-bond acceptors (Lipinski definition) is 2. The van der Waals surface area contributed by atoms with Gasteiger partial charge < -0.3 is 10.2 Å². The van der Waals surface area contributed by atoms with E-state index in [1.54, 1.807) is 7.05 Å². The molecule has 28 heavy (non-hydrogen) atoms. The average Bonchev–Trinajstić information content (AvgIpc) is 2.98. The molecule has 1 heterocycles. The maximum Gasteiger partial charge on any atom is 0.251 e. The number of carbonyl (C=O) groups excluding carboxylic acids is 1. The van der Waals surface area contributed by atoms with Crippen LogP contribution in [-0.4, -0.2) is 25.5 Å². The molecule has 3 rings (SSSR count). The lowest BCUT2D eigenvalue weighted by Crippen LogP contribution is -2.32. The van der Waals surface area contributed by atoms with E-state index in [4.69, 9.17) is 0 Å². The van der Waals surface area contributed by atoms with E-state index in [1.165, 1.54) is 36.9 Å². The molecule has 0 bridgehead atoms. The van der Waals surface area contributed by atoms with Gasteiger partial charge in [-0.25, -0.2) is 0 Å². The first-order valence-corrected chi connectivity index (χ1v) is 10.3. The predicted molar refractivity (Wildman–Crippen MR) is 120 cm³/mol. The number of anilines is 1. The lowest BCUT2D eigenvalue weighted by atomic mass is 9.89. The van der Waals surface area contributed by atoms with Gasteiger partial charge in [-0.3, -0.25) is 4.79 Å². The molecule has 2 unspecified atom stereocenters. The molecular formula is C25H34N2O. The lowest BCUT2D eigenvalue weighted by molar-refractivity contribution is 0.0962. The molecule has 0 spiro atoms. The Kier molecular flexibility index (Phi) is 8.31. The topological polar surface area (TPSA) is 32.3 Å². The molecular weight excluding hydrogens is 344 g/mol. The van der Waals surface area contributed by atoms with Gasteiger partial charge in [0.25, 0.3) is 5.91 Å². The third-order valence-electron chi connectivity index (χ3n) is 5.68. The minimum atomic E-state index is -0.0255. The Labute approximate surface area is 170 Å². The number of amides is 1. The standard InChI is InChI=1S/C23H30N2O.C2H4/c1-17-9-5-4-8-16-25(17)20-14-12-19(13-15-20)18(2)21-10-6-7-11-22(21)23(26)24-3;1-2/h6-7,10-15,17-18H,4-5,8-9,16H2,1-3H3,(H,24,26);1-2H2. The summed E-state index contributed by atoms with van der Waals surface area (Å²) in [5, 5.41) is 2.75. The van der Waals surface area contributed by atoms with Gasteiger partial charge in [-0.1, -0.05) is 50.1 Å². The highest BCUT2D eigenvalue weighted by Gasteiger charge is 2.19. The molecule has 2 aromatic rings. The molecule has 0 aromatic heterocycles. The normalized spacial score (nSPS) is 17.7. The highest BCUT2D eigenvalue weighted by molar-refractivity contribution is 5.95. The third kappa shape index (κ3) is 5.03. The average molecular weight is 379 g/mol. The van der Waals surface area contributed by atoms with Crippen molar-refractivity contribution in [3.63, 3.8) is 0 Å².